The maximum Gasteiger partial charge on any atom is 0.232 e. The highest BCUT2D eigenvalue weighted by atomic mass is 79.9. The zero-order chi connectivity index (χ0) is 14.9. The zero-order valence-corrected chi connectivity index (χ0v) is 14.4. The molecule has 6 heteroatoms. The van der Waals surface area contributed by atoms with Crippen molar-refractivity contribution in [1.29, 1.82) is 0 Å². The number of anilines is 1. The van der Waals surface area contributed by atoms with Gasteiger partial charge in [0.15, 0.2) is 0 Å². The molecule has 0 atom stereocenters. The molecule has 112 valence electrons. The Hall–Kier alpha value is -0.590. The molecule has 1 aliphatic rings. The molecular formula is C14H20BrNO3S. The van der Waals surface area contributed by atoms with Crippen molar-refractivity contribution in [1.82, 2.24) is 0 Å². The highest BCUT2D eigenvalue weighted by molar-refractivity contribution is 9.10. The number of hydrogen-bond acceptors (Lipinski definition) is 3. The average molecular weight is 362 g/mol. The van der Waals surface area contributed by atoms with E-state index in [2.05, 4.69) is 15.9 Å². The van der Waals surface area contributed by atoms with Gasteiger partial charge in [-0.05, 0) is 49.9 Å². The van der Waals surface area contributed by atoms with Gasteiger partial charge in [-0.3, -0.25) is 4.31 Å². The molecule has 0 bridgehead atoms. The lowest BCUT2D eigenvalue weighted by Gasteiger charge is -2.34. The first-order valence-corrected chi connectivity index (χ1v) is 9.28. The number of sulfonamides is 1. The lowest BCUT2D eigenvalue weighted by Crippen LogP contribution is -2.43. The highest BCUT2D eigenvalue weighted by Gasteiger charge is 2.29. The van der Waals surface area contributed by atoms with Gasteiger partial charge in [0.25, 0.3) is 0 Å². The van der Waals surface area contributed by atoms with Crippen LogP contribution in [0.1, 0.15) is 24.0 Å². The maximum absolute atomic E-state index is 12.2. The summed E-state index contributed by atoms with van der Waals surface area (Å²) in [7, 11) is -3.30. The van der Waals surface area contributed by atoms with Crippen LogP contribution in [0.25, 0.3) is 0 Å². The third-order valence-corrected chi connectivity index (χ3v) is 6.03. The van der Waals surface area contributed by atoms with Crippen LogP contribution in [0.3, 0.4) is 0 Å². The third kappa shape index (κ3) is 3.35. The van der Waals surface area contributed by atoms with Crippen LogP contribution in [0.2, 0.25) is 0 Å². The predicted octanol–water partition coefficient (Wildman–Crippen LogP) is 3.01. The lowest BCUT2D eigenvalue weighted by atomic mass is 10.1. The highest BCUT2D eigenvalue weighted by Crippen LogP contribution is 2.31. The van der Waals surface area contributed by atoms with E-state index >= 15 is 0 Å². The van der Waals surface area contributed by atoms with Gasteiger partial charge in [0.05, 0.1) is 11.9 Å². The predicted molar refractivity (Wildman–Crippen MR) is 84.8 cm³/mol. The molecule has 0 spiro atoms. The minimum atomic E-state index is -3.30. The number of hydrogen-bond donors (Lipinski definition) is 0. The lowest BCUT2D eigenvalue weighted by molar-refractivity contribution is 0.0876. The van der Waals surface area contributed by atoms with E-state index in [0.717, 1.165) is 34.1 Å². The topological polar surface area (TPSA) is 46.6 Å². The normalized spacial score (nSPS) is 17.2. The molecule has 1 aromatic carbocycles. The molecule has 0 amide bonds. The smallest absolute Gasteiger partial charge is 0.232 e. The second kappa shape index (κ2) is 6.03. The number of ether oxygens (including phenoxy) is 1. The molecule has 1 aromatic rings. The van der Waals surface area contributed by atoms with E-state index in [1.165, 1.54) is 6.26 Å². The van der Waals surface area contributed by atoms with Crippen molar-refractivity contribution in [2.75, 3.05) is 23.8 Å². The maximum atomic E-state index is 12.2. The molecule has 0 aliphatic carbocycles. The van der Waals surface area contributed by atoms with Gasteiger partial charge in [-0.25, -0.2) is 8.42 Å². The average Bonchev–Trinajstić information content (AvgIpc) is 2.35. The first-order chi connectivity index (χ1) is 9.30. The standard InChI is InChI=1S/C14H20BrNO3S/c1-10-8-13(9-11(2)14(10)15)16(20(3,17)18)12-4-6-19-7-5-12/h8-9,12H,4-7H2,1-3H3. The molecule has 1 fully saturated rings. The number of rotatable bonds is 3. The second-order valence-corrected chi connectivity index (χ2v) is 7.95. The summed E-state index contributed by atoms with van der Waals surface area (Å²) in [4.78, 5) is 0. The number of nitrogens with zero attached hydrogens (tertiary/aromatic N) is 1. The van der Waals surface area contributed by atoms with E-state index < -0.39 is 10.0 Å². The Morgan fingerprint density at radius 1 is 1.20 bits per heavy atom. The summed E-state index contributed by atoms with van der Waals surface area (Å²) >= 11 is 3.52. The molecule has 0 radical (unpaired) electrons. The van der Waals surface area contributed by atoms with E-state index in [4.69, 9.17) is 4.74 Å². The van der Waals surface area contributed by atoms with Crippen molar-refractivity contribution in [2.45, 2.75) is 32.7 Å². The molecule has 0 aromatic heterocycles. The van der Waals surface area contributed by atoms with Gasteiger partial charge in [-0.15, -0.1) is 0 Å². The molecule has 1 saturated heterocycles. The Bertz CT molecular complexity index is 571. The summed E-state index contributed by atoms with van der Waals surface area (Å²) < 4.78 is 32.3. The van der Waals surface area contributed by atoms with Gasteiger partial charge in [0.1, 0.15) is 0 Å². The van der Waals surface area contributed by atoms with Crippen molar-refractivity contribution in [2.24, 2.45) is 0 Å². The summed E-state index contributed by atoms with van der Waals surface area (Å²) in [5.41, 5.74) is 2.83. The van der Waals surface area contributed by atoms with E-state index in [0.29, 0.717) is 13.2 Å². The van der Waals surface area contributed by atoms with Crippen molar-refractivity contribution in [3.63, 3.8) is 0 Å². The van der Waals surface area contributed by atoms with Crippen molar-refractivity contribution in [3.05, 3.63) is 27.7 Å². The quantitative estimate of drug-likeness (QED) is 0.831. The molecule has 20 heavy (non-hydrogen) atoms. The van der Waals surface area contributed by atoms with Crippen LogP contribution < -0.4 is 4.31 Å². The second-order valence-electron chi connectivity index (χ2n) is 5.30. The molecule has 0 unspecified atom stereocenters. The SMILES string of the molecule is Cc1cc(N(C2CCOCC2)S(C)(=O)=O)cc(C)c1Br. The fourth-order valence-corrected chi connectivity index (χ4v) is 4.11. The monoisotopic (exact) mass is 361 g/mol. The van der Waals surface area contributed by atoms with E-state index in [1.807, 2.05) is 26.0 Å². The van der Waals surface area contributed by atoms with Crippen molar-refractivity contribution < 1.29 is 13.2 Å². The van der Waals surface area contributed by atoms with Gasteiger partial charge in [-0.1, -0.05) is 15.9 Å². The van der Waals surface area contributed by atoms with Crippen LogP contribution in [-0.4, -0.2) is 33.9 Å². The first-order valence-electron chi connectivity index (χ1n) is 6.64. The van der Waals surface area contributed by atoms with Crippen LogP contribution in [0.5, 0.6) is 0 Å². The molecule has 0 N–H and O–H groups in total. The van der Waals surface area contributed by atoms with Gasteiger partial charge in [0, 0.05) is 23.7 Å². The minimum absolute atomic E-state index is 0.0151. The molecule has 0 saturated carbocycles. The molecule has 2 rings (SSSR count). The largest absolute Gasteiger partial charge is 0.381 e. The van der Waals surface area contributed by atoms with Crippen molar-refractivity contribution in [3.8, 4) is 0 Å². The zero-order valence-electron chi connectivity index (χ0n) is 12.0. The number of halogens is 1. The Labute approximate surface area is 129 Å². The van der Waals surface area contributed by atoms with Gasteiger partial charge >= 0.3 is 0 Å². The first kappa shape index (κ1) is 15.8. The van der Waals surface area contributed by atoms with Gasteiger partial charge < -0.3 is 4.74 Å². The molecule has 1 heterocycles. The third-order valence-electron chi connectivity index (χ3n) is 3.56. The Balaban J connectivity index is 2.46. The summed E-state index contributed by atoms with van der Waals surface area (Å²) in [6.07, 6.45) is 2.75. The van der Waals surface area contributed by atoms with Gasteiger partial charge in [-0.2, -0.15) is 0 Å². The fourth-order valence-electron chi connectivity index (χ4n) is 2.64. The van der Waals surface area contributed by atoms with Crippen LogP contribution >= 0.6 is 15.9 Å². The Kier molecular flexibility index (Phi) is 4.76. The molecule has 4 nitrogen and oxygen atoms in total. The Morgan fingerprint density at radius 2 is 1.70 bits per heavy atom. The summed E-state index contributed by atoms with van der Waals surface area (Å²) in [5.74, 6) is 0. The summed E-state index contributed by atoms with van der Waals surface area (Å²) in [5, 5.41) is 0. The van der Waals surface area contributed by atoms with Crippen LogP contribution in [0.4, 0.5) is 5.69 Å². The van der Waals surface area contributed by atoms with Gasteiger partial charge in [0.2, 0.25) is 10.0 Å². The fraction of sp³-hybridized carbons (Fsp3) is 0.571. The molecular weight excluding hydrogens is 342 g/mol. The summed E-state index contributed by atoms with van der Waals surface area (Å²) in [6.45, 7) is 5.19. The number of aryl methyl sites for hydroxylation is 2. The minimum Gasteiger partial charge on any atom is -0.381 e. The van der Waals surface area contributed by atoms with Crippen LogP contribution in [0.15, 0.2) is 16.6 Å². The van der Waals surface area contributed by atoms with Crippen LogP contribution in [0, 0.1) is 13.8 Å². The van der Waals surface area contributed by atoms with E-state index in [-0.39, 0.29) is 6.04 Å². The summed E-state index contributed by atoms with van der Waals surface area (Å²) in [6, 6.07) is 3.83. The molecule has 1 aliphatic heterocycles. The van der Waals surface area contributed by atoms with Crippen LogP contribution in [-0.2, 0) is 14.8 Å². The Morgan fingerprint density at radius 3 is 2.15 bits per heavy atom. The van der Waals surface area contributed by atoms with E-state index in [1.54, 1.807) is 4.31 Å². The van der Waals surface area contributed by atoms with Crippen molar-refractivity contribution >= 4 is 31.6 Å². The van der Waals surface area contributed by atoms with E-state index in [9.17, 15) is 8.42 Å². The number of benzene rings is 1.